The minimum Gasteiger partial charge on any atom is -0.478 e. The standard InChI is InChI=1S/C30H25Cl2F3N2O5S/c31-18-2-1-3-19(32)22(18)23-17(25(42-37-23)13-4-5-13)12-41-29(27(34)35)10-15-6-7-16(11-29)30(15,40)28-36-24-20(33)8-14(26(38)39)9-21(24)43-28/h1-3,8-9,13,15-16,27,40H,4-7,10-12H2,(H,38,39)/t15-,16+,29?,30?. The summed E-state index contributed by atoms with van der Waals surface area (Å²) in [6, 6.07) is 7.21. The van der Waals surface area contributed by atoms with E-state index in [1.165, 1.54) is 6.07 Å². The van der Waals surface area contributed by atoms with Gasteiger partial charge >= 0.3 is 5.97 Å². The molecule has 2 N–H and O–H groups in total. The van der Waals surface area contributed by atoms with E-state index >= 15 is 0 Å². The van der Waals surface area contributed by atoms with Crippen molar-refractivity contribution in [2.75, 3.05) is 0 Å². The Balaban J connectivity index is 1.21. The molecule has 3 fully saturated rings. The number of aromatic nitrogens is 2. The lowest BCUT2D eigenvalue weighted by atomic mass is 9.68. The molecule has 0 saturated heterocycles. The number of fused-ring (bicyclic) bond motifs is 3. The van der Waals surface area contributed by atoms with Crippen molar-refractivity contribution in [2.45, 2.75) is 68.7 Å². The number of aliphatic hydroxyl groups is 1. The molecule has 226 valence electrons. The number of carbonyl (C=O) groups is 1. The highest BCUT2D eigenvalue weighted by atomic mass is 35.5. The van der Waals surface area contributed by atoms with Gasteiger partial charge in [0.25, 0.3) is 6.43 Å². The van der Waals surface area contributed by atoms with Crippen LogP contribution in [0.25, 0.3) is 21.5 Å². The van der Waals surface area contributed by atoms with E-state index in [-0.39, 0.29) is 46.2 Å². The highest BCUT2D eigenvalue weighted by Gasteiger charge is 2.63. The number of carboxylic acid groups (broad SMARTS) is 1. The highest BCUT2D eigenvalue weighted by molar-refractivity contribution is 7.18. The Morgan fingerprint density at radius 2 is 1.81 bits per heavy atom. The third-order valence-corrected chi connectivity index (χ3v) is 11.0. The number of hydrogen-bond acceptors (Lipinski definition) is 7. The van der Waals surface area contributed by atoms with Crippen LogP contribution in [0.4, 0.5) is 13.2 Å². The molecule has 2 bridgehead atoms. The Bertz CT molecular complexity index is 1720. The number of nitrogens with zero attached hydrogens (tertiary/aromatic N) is 2. The van der Waals surface area contributed by atoms with Crippen LogP contribution in [-0.4, -0.2) is 38.3 Å². The Hall–Kier alpha value is -2.70. The Morgan fingerprint density at radius 1 is 1.14 bits per heavy atom. The summed E-state index contributed by atoms with van der Waals surface area (Å²) in [4.78, 5) is 15.8. The number of rotatable bonds is 8. The van der Waals surface area contributed by atoms with Gasteiger partial charge in [-0.05, 0) is 74.6 Å². The summed E-state index contributed by atoms with van der Waals surface area (Å²) in [6.45, 7) is -0.210. The molecule has 7 rings (SSSR count). The first-order valence-corrected chi connectivity index (χ1v) is 15.5. The molecule has 13 heteroatoms. The van der Waals surface area contributed by atoms with Crippen molar-refractivity contribution < 1.29 is 37.4 Å². The first kappa shape index (κ1) is 29.0. The fourth-order valence-electron chi connectivity index (χ4n) is 6.86. The fourth-order valence-corrected chi connectivity index (χ4v) is 8.71. The first-order valence-electron chi connectivity index (χ1n) is 13.9. The molecule has 4 aromatic rings. The number of aromatic carboxylic acids is 1. The zero-order valence-corrected chi connectivity index (χ0v) is 24.8. The lowest BCUT2D eigenvalue weighted by Crippen LogP contribution is -2.54. The molecule has 3 aliphatic carbocycles. The van der Waals surface area contributed by atoms with Crippen molar-refractivity contribution in [3.05, 3.63) is 68.1 Å². The summed E-state index contributed by atoms with van der Waals surface area (Å²) in [5.74, 6) is -2.69. The maximum atomic E-state index is 15.0. The average molecular weight is 654 g/mol. The molecular weight excluding hydrogens is 628 g/mol. The Kier molecular flexibility index (Phi) is 7.05. The number of thiazole rings is 1. The van der Waals surface area contributed by atoms with Gasteiger partial charge in [0, 0.05) is 17.0 Å². The van der Waals surface area contributed by atoms with Crippen molar-refractivity contribution in [3.8, 4) is 11.3 Å². The molecule has 2 unspecified atom stereocenters. The second-order valence-corrected chi connectivity index (χ2v) is 13.6. The van der Waals surface area contributed by atoms with Gasteiger partial charge in [0.05, 0.1) is 26.9 Å². The second-order valence-electron chi connectivity index (χ2n) is 11.7. The molecule has 2 aromatic carbocycles. The van der Waals surface area contributed by atoms with Crippen LogP contribution in [0.5, 0.6) is 0 Å². The van der Waals surface area contributed by atoms with Crippen molar-refractivity contribution in [3.63, 3.8) is 0 Å². The molecule has 0 aliphatic heterocycles. The van der Waals surface area contributed by atoms with Gasteiger partial charge in [0.15, 0.2) is 5.82 Å². The van der Waals surface area contributed by atoms with Crippen molar-refractivity contribution in [2.24, 2.45) is 11.8 Å². The van der Waals surface area contributed by atoms with Gasteiger partial charge in [-0.2, -0.15) is 0 Å². The maximum Gasteiger partial charge on any atom is 0.335 e. The predicted molar refractivity (Wildman–Crippen MR) is 153 cm³/mol. The Labute approximate surface area is 257 Å². The van der Waals surface area contributed by atoms with Crippen LogP contribution in [0, 0.1) is 17.7 Å². The Morgan fingerprint density at radius 3 is 2.42 bits per heavy atom. The van der Waals surface area contributed by atoms with Crippen molar-refractivity contribution >= 4 is 50.7 Å². The van der Waals surface area contributed by atoms with E-state index in [0.717, 1.165) is 30.2 Å². The summed E-state index contributed by atoms with van der Waals surface area (Å²) >= 11 is 13.9. The van der Waals surface area contributed by atoms with Crippen molar-refractivity contribution in [1.82, 2.24) is 10.1 Å². The first-order chi connectivity index (χ1) is 20.5. The molecule has 43 heavy (non-hydrogen) atoms. The number of alkyl halides is 2. The topological polar surface area (TPSA) is 106 Å². The van der Waals surface area contributed by atoms with Crippen LogP contribution >= 0.6 is 34.5 Å². The molecule has 0 spiro atoms. The average Bonchev–Trinajstić information content (AvgIpc) is 3.53. The largest absolute Gasteiger partial charge is 0.478 e. The SMILES string of the molecule is O=C(O)c1cc(F)c2nc(C3(O)[C@@H]4CC[C@H]3CC(OCc3c(-c5c(Cl)cccc5Cl)noc3C3CC3)(C(F)F)C4)sc2c1. The fraction of sp³-hybridized carbons (Fsp3) is 0.433. The number of carboxylic acids is 1. The predicted octanol–water partition coefficient (Wildman–Crippen LogP) is 8.20. The molecule has 7 nitrogen and oxygen atoms in total. The monoisotopic (exact) mass is 652 g/mol. The lowest BCUT2D eigenvalue weighted by Gasteiger charge is -2.47. The third kappa shape index (κ3) is 4.66. The molecule has 0 amide bonds. The summed E-state index contributed by atoms with van der Waals surface area (Å²) < 4.78 is 56.8. The van der Waals surface area contributed by atoms with E-state index in [0.29, 0.717) is 45.5 Å². The van der Waals surface area contributed by atoms with E-state index in [4.69, 9.17) is 32.5 Å². The van der Waals surface area contributed by atoms with Crippen LogP contribution in [0.1, 0.15) is 71.1 Å². The second kappa shape index (κ2) is 10.4. The number of ether oxygens (including phenoxy) is 1. The van der Waals surface area contributed by atoms with Gasteiger partial charge in [-0.15, -0.1) is 11.3 Å². The minimum absolute atomic E-state index is 0.0504. The van der Waals surface area contributed by atoms with E-state index < -0.39 is 41.2 Å². The number of halogens is 5. The van der Waals surface area contributed by atoms with E-state index in [1.807, 2.05) is 0 Å². The van der Waals surface area contributed by atoms with Crippen LogP contribution in [0.3, 0.4) is 0 Å². The molecule has 2 aromatic heterocycles. The molecule has 3 saturated carbocycles. The smallest absolute Gasteiger partial charge is 0.335 e. The zero-order valence-electron chi connectivity index (χ0n) is 22.5. The third-order valence-electron chi connectivity index (χ3n) is 9.20. The molecule has 0 radical (unpaired) electrons. The molecule has 2 heterocycles. The van der Waals surface area contributed by atoms with Crippen LogP contribution < -0.4 is 0 Å². The van der Waals surface area contributed by atoms with Gasteiger partial charge in [-0.3, -0.25) is 0 Å². The number of benzene rings is 2. The van der Waals surface area contributed by atoms with E-state index in [1.54, 1.807) is 18.2 Å². The summed E-state index contributed by atoms with van der Waals surface area (Å²) in [5.41, 5.74) is -2.40. The van der Waals surface area contributed by atoms with Gasteiger partial charge in [0.1, 0.15) is 33.2 Å². The number of hydrogen-bond donors (Lipinski definition) is 2. The lowest BCUT2D eigenvalue weighted by molar-refractivity contribution is -0.215. The quantitative estimate of drug-likeness (QED) is 0.198. The normalized spacial score (nSPS) is 27.0. The summed E-state index contributed by atoms with van der Waals surface area (Å²) in [6.07, 6.45) is -0.483. The zero-order chi connectivity index (χ0) is 30.3. The van der Waals surface area contributed by atoms with Crippen molar-refractivity contribution in [1.29, 1.82) is 0 Å². The summed E-state index contributed by atoms with van der Waals surface area (Å²) in [7, 11) is 0. The van der Waals surface area contributed by atoms with Gasteiger partial charge < -0.3 is 19.5 Å². The van der Waals surface area contributed by atoms with Gasteiger partial charge in [0.2, 0.25) is 0 Å². The van der Waals surface area contributed by atoms with Crippen LogP contribution in [0.15, 0.2) is 34.9 Å². The maximum absolute atomic E-state index is 15.0. The van der Waals surface area contributed by atoms with E-state index in [2.05, 4.69) is 10.1 Å². The van der Waals surface area contributed by atoms with Gasteiger partial charge in [-0.1, -0.05) is 34.4 Å². The highest BCUT2D eigenvalue weighted by Crippen LogP contribution is 2.61. The van der Waals surface area contributed by atoms with Crippen LogP contribution in [0.2, 0.25) is 10.0 Å². The minimum atomic E-state index is -2.86. The van der Waals surface area contributed by atoms with E-state index in [9.17, 15) is 28.2 Å². The molecule has 3 aliphatic rings. The molecular formula is C30H25Cl2F3N2O5S. The summed E-state index contributed by atoms with van der Waals surface area (Å²) in [5, 5.41) is 26.4. The van der Waals surface area contributed by atoms with Gasteiger partial charge in [-0.25, -0.2) is 22.9 Å². The molecule has 4 atom stereocenters. The van der Waals surface area contributed by atoms with Crippen LogP contribution in [-0.2, 0) is 16.9 Å².